The summed E-state index contributed by atoms with van der Waals surface area (Å²) in [6.45, 7) is 4.16. The van der Waals surface area contributed by atoms with Crippen molar-refractivity contribution in [3.05, 3.63) is 0 Å². The molecule has 0 aromatic rings. The van der Waals surface area contributed by atoms with Crippen LogP contribution < -0.4 is 0 Å². The van der Waals surface area contributed by atoms with Gasteiger partial charge in [0.1, 0.15) is 5.56 Å². The summed E-state index contributed by atoms with van der Waals surface area (Å²) in [5.74, 6) is 2.88. The van der Waals surface area contributed by atoms with Crippen LogP contribution in [0, 0.1) is 23.2 Å². The quantitative estimate of drug-likeness (QED) is 0.655. The first-order valence-electron chi connectivity index (χ1n) is 5.91. The molecule has 0 N–H and O–H groups in total. The lowest BCUT2D eigenvalue weighted by Crippen LogP contribution is -2.34. The van der Waals surface area contributed by atoms with Crippen LogP contribution in [0.25, 0.3) is 0 Å². The first-order chi connectivity index (χ1) is 6.62. The molecule has 1 nitrogen and oxygen atoms in total. The van der Waals surface area contributed by atoms with Crippen molar-refractivity contribution in [2.24, 2.45) is 23.2 Å². The fraction of sp³-hybridized carbons (Fsp3) is 1.00. The monoisotopic (exact) mass is 214 g/mol. The smallest absolute Gasteiger partial charge is 0.137 e. The number of hydrogen-bond acceptors (Lipinski definition) is 1. The molecule has 4 aliphatic carbocycles. The number of hydrogen-bond donors (Lipinski definition) is 0. The van der Waals surface area contributed by atoms with Gasteiger partial charge in [-0.05, 0) is 57.3 Å². The van der Waals surface area contributed by atoms with Gasteiger partial charge in [-0.15, -0.1) is 0 Å². The van der Waals surface area contributed by atoms with E-state index in [1.54, 1.807) is 0 Å². The molecule has 0 aromatic carbocycles. The third-order valence-corrected chi connectivity index (χ3v) is 5.32. The molecule has 3 unspecified atom stereocenters. The molecule has 80 valence electrons. The fourth-order valence-electron chi connectivity index (χ4n) is 4.32. The molecule has 0 aromatic heterocycles. The van der Waals surface area contributed by atoms with Crippen LogP contribution in [0.3, 0.4) is 0 Å². The molecule has 4 rings (SSSR count). The Kier molecular flexibility index (Phi) is 1.95. The van der Waals surface area contributed by atoms with Crippen molar-refractivity contribution < 1.29 is 4.74 Å². The molecule has 0 spiro atoms. The highest BCUT2D eigenvalue weighted by Crippen LogP contribution is 2.72. The van der Waals surface area contributed by atoms with Gasteiger partial charge in [-0.1, -0.05) is 11.6 Å². The van der Waals surface area contributed by atoms with E-state index >= 15 is 0 Å². The van der Waals surface area contributed by atoms with Crippen molar-refractivity contribution >= 4 is 11.6 Å². The average molecular weight is 215 g/mol. The van der Waals surface area contributed by atoms with Crippen molar-refractivity contribution in [1.82, 2.24) is 0 Å². The Hall–Kier alpha value is 0.250. The molecular weight excluding hydrogens is 196 g/mol. The molecular formula is C12H19ClO. The first-order valence-corrected chi connectivity index (χ1v) is 6.35. The molecule has 4 saturated carbocycles. The normalized spacial score (nSPS) is 51.0. The van der Waals surface area contributed by atoms with Gasteiger partial charge in [-0.2, -0.15) is 0 Å². The standard InChI is InChI=1S/C12H19ClO/c1-7(2)14-11(13)12-5-8-3-10(12)4-9(8)6-12/h7-11H,3-6H2,1-2H3. The number of halogens is 1. The first kappa shape index (κ1) is 9.47. The Morgan fingerprint density at radius 1 is 1.21 bits per heavy atom. The lowest BCUT2D eigenvalue weighted by atomic mass is 9.81. The molecule has 4 bridgehead atoms. The number of rotatable bonds is 3. The van der Waals surface area contributed by atoms with E-state index in [-0.39, 0.29) is 11.7 Å². The fourth-order valence-corrected chi connectivity index (χ4v) is 4.88. The van der Waals surface area contributed by atoms with Gasteiger partial charge in [0, 0.05) is 5.41 Å². The predicted molar refractivity (Wildman–Crippen MR) is 57.2 cm³/mol. The average Bonchev–Trinajstić information content (AvgIpc) is 2.70. The van der Waals surface area contributed by atoms with Gasteiger partial charge in [0.2, 0.25) is 0 Å². The topological polar surface area (TPSA) is 9.23 Å². The number of ether oxygens (including phenoxy) is 1. The van der Waals surface area contributed by atoms with Crippen LogP contribution in [0.1, 0.15) is 39.5 Å². The van der Waals surface area contributed by atoms with Crippen molar-refractivity contribution in [1.29, 1.82) is 0 Å². The molecule has 4 aliphatic rings. The van der Waals surface area contributed by atoms with Crippen LogP contribution in [0.2, 0.25) is 0 Å². The summed E-state index contributed by atoms with van der Waals surface area (Å²) in [6.07, 6.45) is 5.85. The van der Waals surface area contributed by atoms with Gasteiger partial charge in [-0.25, -0.2) is 0 Å². The predicted octanol–water partition coefficient (Wildman–Crippen LogP) is 3.41. The van der Waals surface area contributed by atoms with E-state index in [0.29, 0.717) is 5.41 Å². The van der Waals surface area contributed by atoms with E-state index in [9.17, 15) is 0 Å². The van der Waals surface area contributed by atoms with E-state index in [2.05, 4.69) is 13.8 Å². The Balaban J connectivity index is 1.78. The molecule has 0 amide bonds. The van der Waals surface area contributed by atoms with E-state index in [0.717, 1.165) is 17.8 Å². The molecule has 0 aliphatic heterocycles. The van der Waals surface area contributed by atoms with E-state index in [4.69, 9.17) is 16.3 Å². The van der Waals surface area contributed by atoms with Crippen LogP contribution in [0.5, 0.6) is 0 Å². The van der Waals surface area contributed by atoms with Crippen LogP contribution >= 0.6 is 11.6 Å². The Bertz CT molecular complexity index is 237. The highest BCUT2D eigenvalue weighted by Gasteiger charge is 2.65. The zero-order chi connectivity index (χ0) is 9.92. The lowest BCUT2D eigenvalue weighted by Gasteiger charge is -2.34. The summed E-state index contributed by atoms with van der Waals surface area (Å²) in [6, 6.07) is 0. The van der Waals surface area contributed by atoms with Gasteiger partial charge in [0.25, 0.3) is 0 Å². The maximum Gasteiger partial charge on any atom is 0.137 e. The SMILES string of the molecule is CC(C)OC(Cl)C12CC3CC1CC3C2. The van der Waals surface area contributed by atoms with E-state index in [1.807, 2.05) is 0 Å². The highest BCUT2D eigenvalue weighted by molar-refractivity contribution is 6.20. The minimum Gasteiger partial charge on any atom is -0.359 e. The Labute approximate surface area is 91.2 Å². The zero-order valence-electron chi connectivity index (χ0n) is 9.00. The minimum atomic E-state index is -0.0231. The minimum absolute atomic E-state index is 0.0231. The number of alkyl halides is 1. The Morgan fingerprint density at radius 2 is 1.79 bits per heavy atom. The van der Waals surface area contributed by atoms with Gasteiger partial charge in [0.05, 0.1) is 6.10 Å². The second-order valence-corrected chi connectivity index (χ2v) is 6.23. The summed E-state index contributed by atoms with van der Waals surface area (Å²) in [5.41, 5.74) is 0.353. The van der Waals surface area contributed by atoms with Gasteiger partial charge < -0.3 is 4.74 Å². The van der Waals surface area contributed by atoms with E-state index in [1.165, 1.54) is 25.7 Å². The van der Waals surface area contributed by atoms with Crippen LogP contribution in [-0.2, 0) is 4.74 Å². The molecule has 3 atom stereocenters. The Morgan fingerprint density at radius 3 is 2.14 bits per heavy atom. The summed E-state index contributed by atoms with van der Waals surface area (Å²) in [4.78, 5) is 0. The van der Waals surface area contributed by atoms with Crippen molar-refractivity contribution in [3.63, 3.8) is 0 Å². The molecule has 14 heavy (non-hydrogen) atoms. The third-order valence-electron chi connectivity index (χ3n) is 4.78. The third kappa shape index (κ3) is 1.06. The van der Waals surface area contributed by atoms with Crippen LogP contribution in [0.4, 0.5) is 0 Å². The summed E-state index contributed by atoms with van der Waals surface area (Å²) >= 11 is 6.46. The van der Waals surface area contributed by atoms with Crippen LogP contribution in [0.15, 0.2) is 0 Å². The van der Waals surface area contributed by atoms with Crippen LogP contribution in [-0.4, -0.2) is 11.7 Å². The van der Waals surface area contributed by atoms with Gasteiger partial charge in [-0.3, -0.25) is 0 Å². The van der Waals surface area contributed by atoms with Gasteiger partial charge in [0.15, 0.2) is 0 Å². The zero-order valence-corrected chi connectivity index (χ0v) is 9.76. The van der Waals surface area contributed by atoms with Crippen molar-refractivity contribution in [3.8, 4) is 0 Å². The summed E-state index contributed by atoms with van der Waals surface area (Å²) in [7, 11) is 0. The lowest BCUT2D eigenvalue weighted by molar-refractivity contribution is -0.0292. The molecule has 0 saturated heterocycles. The van der Waals surface area contributed by atoms with E-state index < -0.39 is 0 Å². The highest BCUT2D eigenvalue weighted by atomic mass is 35.5. The summed E-state index contributed by atoms with van der Waals surface area (Å²) < 4.78 is 5.82. The maximum absolute atomic E-state index is 6.46. The molecule has 4 fully saturated rings. The summed E-state index contributed by atoms with van der Waals surface area (Å²) in [5, 5.41) is 0. The largest absolute Gasteiger partial charge is 0.359 e. The van der Waals surface area contributed by atoms with Crippen molar-refractivity contribution in [2.45, 2.75) is 51.2 Å². The maximum atomic E-state index is 6.46. The second-order valence-electron chi connectivity index (χ2n) is 5.83. The second kappa shape index (κ2) is 2.89. The molecule has 2 heteroatoms. The molecule has 0 radical (unpaired) electrons. The molecule has 0 heterocycles. The van der Waals surface area contributed by atoms with Crippen molar-refractivity contribution in [2.75, 3.05) is 0 Å². The van der Waals surface area contributed by atoms with Gasteiger partial charge >= 0.3 is 0 Å².